The predicted molar refractivity (Wildman–Crippen MR) is 130 cm³/mol. The molecule has 8 heteroatoms. The average Bonchev–Trinajstić information content (AvgIpc) is 3.41. The lowest BCUT2D eigenvalue weighted by Gasteiger charge is -2.29. The van der Waals surface area contributed by atoms with Gasteiger partial charge in [0, 0.05) is 17.1 Å². The molecule has 0 unspecified atom stereocenters. The molecule has 0 saturated carbocycles. The molecule has 33 heavy (non-hydrogen) atoms. The van der Waals surface area contributed by atoms with E-state index >= 15 is 0 Å². The van der Waals surface area contributed by atoms with Crippen molar-refractivity contribution in [1.29, 1.82) is 0 Å². The summed E-state index contributed by atoms with van der Waals surface area (Å²) in [5.41, 5.74) is 2.67. The molecule has 2 aliphatic rings. The van der Waals surface area contributed by atoms with Crippen LogP contribution in [-0.4, -0.2) is 21.9 Å². The summed E-state index contributed by atoms with van der Waals surface area (Å²) in [6, 6.07) is 15.7. The SMILES string of the molecule is CC1(C)Cc2c(sc3nc(SCc4ccc5c(c4)OCO5)n(-c4ccccc4)c(=O)c23)CO1. The van der Waals surface area contributed by atoms with E-state index in [0.29, 0.717) is 23.9 Å². The van der Waals surface area contributed by atoms with Gasteiger partial charge in [-0.2, -0.15) is 0 Å². The van der Waals surface area contributed by atoms with E-state index in [2.05, 4.69) is 13.8 Å². The van der Waals surface area contributed by atoms with Crippen molar-refractivity contribution < 1.29 is 14.2 Å². The molecule has 0 bridgehead atoms. The highest BCUT2D eigenvalue weighted by Crippen LogP contribution is 2.39. The lowest BCUT2D eigenvalue weighted by Crippen LogP contribution is -2.32. The second kappa shape index (κ2) is 7.90. The molecule has 0 radical (unpaired) electrons. The van der Waals surface area contributed by atoms with Gasteiger partial charge in [0.1, 0.15) is 4.83 Å². The number of ether oxygens (including phenoxy) is 3. The quantitative estimate of drug-likeness (QED) is 0.292. The highest BCUT2D eigenvalue weighted by atomic mass is 32.2. The fourth-order valence-corrected chi connectivity index (χ4v) is 6.35. The summed E-state index contributed by atoms with van der Waals surface area (Å²) >= 11 is 3.12. The maximum atomic E-state index is 13.9. The summed E-state index contributed by atoms with van der Waals surface area (Å²) in [4.78, 5) is 20.8. The monoisotopic (exact) mass is 478 g/mol. The van der Waals surface area contributed by atoms with Crippen molar-refractivity contribution in [3.05, 3.63) is 74.9 Å². The van der Waals surface area contributed by atoms with E-state index in [1.54, 1.807) is 27.7 Å². The number of hydrogen-bond acceptors (Lipinski definition) is 7. The molecule has 4 aromatic rings. The summed E-state index contributed by atoms with van der Waals surface area (Å²) in [5, 5.41) is 1.40. The van der Waals surface area contributed by atoms with Crippen LogP contribution in [0.25, 0.3) is 15.9 Å². The van der Waals surface area contributed by atoms with Gasteiger partial charge in [0.25, 0.3) is 5.56 Å². The van der Waals surface area contributed by atoms with Crippen LogP contribution in [0.15, 0.2) is 58.5 Å². The molecule has 6 rings (SSSR count). The van der Waals surface area contributed by atoms with Crippen LogP contribution in [0.1, 0.15) is 29.9 Å². The number of rotatable bonds is 4. The van der Waals surface area contributed by atoms with Crippen molar-refractivity contribution in [3.63, 3.8) is 0 Å². The third-order valence-electron chi connectivity index (χ3n) is 5.89. The standard InChI is InChI=1S/C25H22N2O4S2/c1-25(2)11-17-20(12-31-25)33-22-21(17)23(28)27(16-6-4-3-5-7-16)24(26-22)32-13-15-8-9-18-19(10-15)30-14-29-18/h3-10H,11-14H2,1-2H3. The van der Waals surface area contributed by atoms with Crippen LogP contribution in [0.2, 0.25) is 0 Å². The molecule has 6 nitrogen and oxygen atoms in total. The molecule has 0 fully saturated rings. The maximum Gasteiger partial charge on any atom is 0.267 e. The lowest BCUT2D eigenvalue weighted by atomic mass is 9.94. The molecular weight excluding hydrogens is 456 g/mol. The van der Waals surface area contributed by atoms with Crippen LogP contribution >= 0.6 is 23.1 Å². The van der Waals surface area contributed by atoms with Gasteiger partial charge in [-0.1, -0.05) is 36.0 Å². The van der Waals surface area contributed by atoms with Crippen LogP contribution in [-0.2, 0) is 23.5 Å². The molecule has 0 N–H and O–H groups in total. The number of fused-ring (bicyclic) bond motifs is 4. The predicted octanol–water partition coefficient (Wildman–Crippen LogP) is 5.32. The van der Waals surface area contributed by atoms with E-state index in [-0.39, 0.29) is 18.0 Å². The minimum Gasteiger partial charge on any atom is -0.454 e. The minimum absolute atomic E-state index is 0.0189. The average molecular weight is 479 g/mol. The van der Waals surface area contributed by atoms with E-state index in [1.165, 1.54) is 0 Å². The molecule has 168 valence electrons. The molecule has 0 amide bonds. The Morgan fingerprint density at radius 3 is 2.79 bits per heavy atom. The van der Waals surface area contributed by atoms with Crippen molar-refractivity contribution in [2.24, 2.45) is 0 Å². The number of aromatic nitrogens is 2. The molecule has 0 spiro atoms. The number of thioether (sulfide) groups is 1. The van der Waals surface area contributed by atoms with Gasteiger partial charge < -0.3 is 14.2 Å². The van der Waals surface area contributed by atoms with E-state index in [0.717, 1.165) is 43.4 Å². The van der Waals surface area contributed by atoms with Crippen LogP contribution in [0, 0.1) is 0 Å². The van der Waals surface area contributed by atoms with Gasteiger partial charge in [0.15, 0.2) is 16.7 Å². The zero-order valence-corrected chi connectivity index (χ0v) is 19.9. The zero-order chi connectivity index (χ0) is 22.6. The highest BCUT2D eigenvalue weighted by Gasteiger charge is 2.31. The molecule has 0 atom stereocenters. The third-order valence-corrected chi connectivity index (χ3v) is 8.00. The van der Waals surface area contributed by atoms with E-state index in [4.69, 9.17) is 19.2 Å². The van der Waals surface area contributed by atoms with Crippen LogP contribution in [0.4, 0.5) is 0 Å². The number of thiophene rings is 1. The number of para-hydroxylation sites is 1. The molecular formula is C25H22N2O4S2. The normalized spacial score (nSPS) is 16.2. The van der Waals surface area contributed by atoms with Crippen LogP contribution in [0.3, 0.4) is 0 Å². The molecule has 2 aliphatic heterocycles. The van der Waals surface area contributed by atoms with Gasteiger partial charge >= 0.3 is 0 Å². The van der Waals surface area contributed by atoms with Gasteiger partial charge in [-0.25, -0.2) is 4.98 Å². The first-order chi connectivity index (χ1) is 16.0. The summed E-state index contributed by atoms with van der Waals surface area (Å²) < 4.78 is 18.7. The number of benzene rings is 2. The second-order valence-electron chi connectivity index (χ2n) is 8.76. The van der Waals surface area contributed by atoms with E-state index in [9.17, 15) is 4.79 Å². The van der Waals surface area contributed by atoms with Crippen molar-refractivity contribution in [3.8, 4) is 17.2 Å². The highest BCUT2D eigenvalue weighted by molar-refractivity contribution is 7.98. The Morgan fingerprint density at radius 2 is 1.94 bits per heavy atom. The Bertz CT molecular complexity index is 1430. The van der Waals surface area contributed by atoms with Gasteiger partial charge in [0.2, 0.25) is 6.79 Å². The third kappa shape index (κ3) is 3.72. The Hall–Kier alpha value is -2.81. The lowest BCUT2D eigenvalue weighted by molar-refractivity contribution is -0.0379. The van der Waals surface area contributed by atoms with Gasteiger partial charge in [-0.05, 0) is 49.2 Å². The fourth-order valence-electron chi connectivity index (χ4n) is 4.25. The number of hydrogen-bond donors (Lipinski definition) is 0. The summed E-state index contributed by atoms with van der Waals surface area (Å²) in [5.74, 6) is 2.17. The summed E-state index contributed by atoms with van der Waals surface area (Å²) in [7, 11) is 0. The molecule has 2 aromatic carbocycles. The van der Waals surface area contributed by atoms with Crippen molar-refractivity contribution in [1.82, 2.24) is 9.55 Å². The Balaban J connectivity index is 1.46. The minimum atomic E-state index is -0.294. The Labute approximate surface area is 199 Å². The smallest absolute Gasteiger partial charge is 0.267 e. The fraction of sp³-hybridized carbons (Fsp3) is 0.280. The topological polar surface area (TPSA) is 62.6 Å². The van der Waals surface area contributed by atoms with Crippen LogP contribution < -0.4 is 15.0 Å². The first-order valence-corrected chi connectivity index (χ1v) is 12.6. The largest absolute Gasteiger partial charge is 0.454 e. The summed E-state index contributed by atoms with van der Waals surface area (Å²) in [6.07, 6.45) is 0.706. The molecule has 0 saturated heterocycles. The number of nitrogens with zero attached hydrogens (tertiary/aromatic N) is 2. The first kappa shape index (κ1) is 20.8. The second-order valence-corrected chi connectivity index (χ2v) is 10.8. The zero-order valence-electron chi connectivity index (χ0n) is 18.3. The van der Waals surface area contributed by atoms with Crippen molar-refractivity contribution in [2.45, 2.75) is 43.4 Å². The molecule has 0 aliphatic carbocycles. The van der Waals surface area contributed by atoms with Crippen LogP contribution in [0.5, 0.6) is 11.5 Å². The van der Waals surface area contributed by atoms with Gasteiger partial charge in [0.05, 0.1) is 23.3 Å². The first-order valence-electron chi connectivity index (χ1n) is 10.8. The van der Waals surface area contributed by atoms with Gasteiger partial charge in [-0.15, -0.1) is 11.3 Å². The molecule has 4 heterocycles. The maximum absolute atomic E-state index is 13.9. The molecule has 2 aromatic heterocycles. The van der Waals surface area contributed by atoms with Gasteiger partial charge in [-0.3, -0.25) is 9.36 Å². The van der Waals surface area contributed by atoms with E-state index in [1.807, 2.05) is 48.5 Å². The van der Waals surface area contributed by atoms with Crippen molar-refractivity contribution in [2.75, 3.05) is 6.79 Å². The Kier molecular flexibility index (Phi) is 4.97. The van der Waals surface area contributed by atoms with E-state index < -0.39 is 0 Å². The van der Waals surface area contributed by atoms with Crippen molar-refractivity contribution >= 4 is 33.3 Å². The summed E-state index contributed by atoms with van der Waals surface area (Å²) in [6.45, 7) is 4.91. The Morgan fingerprint density at radius 1 is 1.12 bits per heavy atom.